The molecule has 0 saturated carbocycles. The fourth-order valence-electron chi connectivity index (χ4n) is 3.13. The maximum absolute atomic E-state index is 13.9. The van der Waals surface area contributed by atoms with Gasteiger partial charge in [0.05, 0.1) is 6.04 Å². The molecule has 0 heterocycles. The third-order valence-corrected chi connectivity index (χ3v) is 7.25. The number of carboxylic acid groups (broad SMARTS) is 1. The highest BCUT2D eigenvalue weighted by atomic mass is 32.2. The van der Waals surface area contributed by atoms with Gasteiger partial charge in [0.25, 0.3) is 0 Å². The van der Waals surface area contributed by atoms with E-state index < -0.39 is 132 Å². The number of Topliss-reactive ketones (excluding diaryl/α,β-unsaturated/α-hetero) is 1. The van der Waals surface area contributed by atoms with E-state index in [1.807, 2.05) is 0 Å². The molecule has 0 spiro atoms. The van der Waals surface area contributed by atoms with Crippen LogP contribution < -0.4 is 5.73 Å². The molecule has 0 aliphatic heterocycles. The molecular weight excluding hydrogens is 809 g/mol. The van der Waals surface area contributed by atoms with Gasteiger partial charge in [0, 0.05) is 18.6 Å². The van der Waals surface area contributed by atoms with Gasteiger partial charge in [0.15, 0.2) is 0 Å². The molecule has 298 valence electrons. The first-order chi connectivity index (χ1) is 21.5. The number of hydrogen-bond donors (Lipinski definition) is 2. The lowest BCUT2D eigenvalue weighted by Gasteiger charge is -2.45. The fraction of sp³-hybridized carbons (Fsp3) is 0.900. The standard InChI is InChI=1S/C20H14F25NO3S/c21-9(22,11(25,26)13(29,30)15(33,34)17(37,38)19(41,42)43)10(23,24)12(27,28)14(31,32)16(35,36)18(39,40)20(44,45)50-5-4-7(47)6(46)2-1-3-8(48)49/h6H,1-5,46H2,(H,48,49). The third-order valence-electron chi connectivity index (χ3n) is 6.22. The van der Waals surface area contributed by atoms with Crippen LogP contribution in [0.25, 0.3) is 0 Å². The van der Waals surface area contributed by atoms with Gasteiger partial charge < -0.3 is 10.8 Å². The van der Waals surface area contributed by atoms with Crippen LogP contribution in [0.15, 0.2) is 0 Å². The average Bonchev–Trinajstić information content (AvgIpc) is 2.90. The van der Waals surface area contributed by atoms with Crippen molar-refractivity contribution in [1.29, 1.82) is 0 Å². The number of alkyl halides is 25. The van der Waals surface area contributed by atoms with Gasteiger partial charge in [-0.3, -0.25) is 9.59 Å². The molecule has 0 aliphatic rings. The van der Waals surface area contributed by atoms with Crippen molar-refractivity contribution >= 4 is 23.5 Å². The second kappa shape index (κ2) is 13.6. The molecule has 0 amide bonds. The van der Waals surface area contributed by atoms with Crippen molar-refractivity contribution in [3.05, 3.63) is 0 Å². The minimum absolute atomic E-state index is 0.408. The average molecular weight is 823 g/mol. The summed E-state index contributed by atoms with van der Waals surface area (Å²) in [5.74, 6) is -97.1. The highest BCUT2D eigenvalue weighted by Gasteiger charge is 2.99. The Kier molecular flexibility index (Phi) is 13.0. The van der Waals surface area contributed by atoms with Gasteiger partial charge in [-0.1, -0.05) is 11.8 Å². The quantitative estimate of drug-likeness (QED) is 0.128. The number of carbonyl (C=O) groups excluding carboxylic acids is 1. The number of halogens is 25. The lowest BCUT2D eigenvalue weighted by molar-refractivity contribution is -0.480. The summed E-state index contributed by atoms with van der Waals surface area (Å²) in [5.41, 5.74) is 5.16. The van der Waals surface area contributed by atoms with Crippen LogP contribution in [0.3, 0.4) is 0 Å². The zero-order valence-corrected chi connectivity index (χ0v) is 23.6. The molecule has 0 radical (unpaired) electrons. The normalized spacial score (nSPS) is 16.4. The maximum Gasteiger partial charge on any atom is 0.460 e. The van der Waals surface area contributed by atoms with Gasteiger partial charge in [-0.25, -0.2) is 0 Å². The van der Waals surface area contributed by atoms with Crippen molar-refractivity contribution in [2.45, 2.75) is 102 Å². The molecule has 3 N–H and O–H groups in total. The van der Waals surface area contributed by atoms with Crippen LogP contribution in [-0.2, 0) is 9.59 Å². The fourth-order valence-corrected chi connectivity index (χ4v) is 4.00. The smallest absolute Gasteiger partial charge is 0.460 e. The van der Waals surface area contributed by atoms with Crippen LogP contribution in [-0.4, -0.2) is 99.3 Å². The summed E-state index contributed by atoms with van der Waals surface area (Å²) in [6, 6.07) is -1.80. The molecule has 0 rings (SSSR count). The lowest BCUT2D eigenvalue weighted by atomic mass is 9.85. The Balaban J connectivity index is 6.75. The van der Waals surface area contributed by atoms with E-state index in [0.717, 1.165) is 0 Å². The molecule has 1 atom stereocenters. The van der Waals surface area contributed by atoms with Gasteiger partial charge >= 0.3 is 76.6 Å². The molecular formula is C20H14F25NO3S. The Morgan fingerprint density at radius 2 is 0.760 bits per heavy atom. The van der Waals surface area contributed by atoms with E-state index in [1.54, 1.807) is 0 Å². The largest absolute Gasteiger partial charge is 0.481 e. The number of thioether (sulfide) groups is 1. The summed E-state index contributed by atoms with van der Waals surface area (Å²) >= 11 is -2.07. The summed E-state index contributed by atoms with van der Waals surface area (Å²) < 4.78 is 337. The zero-order valence-electron chi connectivity index (χ0n) is 22.8. The van der Waals surface area contributed by atoms with Crippen LogP contribution in [0.2, 0.25) is 0 Å². The Hall–Kier alpha value is -2.30. The molecule has 0 aromatic carbocycles. The summed E-state index contributed by atoms with van der Waals surface area (Å²) in [6.45, 7) is 0. The number of carboxylic acids is 1. The van der Waals surface area contributed by atoms with Crippen molar-refractivity contribution in [2.24, 2.45) is 5.73 Å². The predicted octanol–water partition coefficient (Wildman–Crippen LogP) is 8.77. The SMILES string of the molecule is NC(CCCC(=O)O)C(=O)CCSC(F)(F)C(F)(F)C(F)(F)C(F)(F)C(F)(F)C(F)(F)C(F)(F)C(F)(F)C(F)(F)C(F)(F)C(F)(F)C(F)(F)F. The first-order valence-electron chi connectivity index (χ1n) is 11.8. The summed E-state index contributed by atoms with van der Waals surface area (Å²) in [7, 11) is 0. The monoisotopic (exact) mass is 823 g/mol. The van der Waals surface area contributed by atoms with Crippen LogP contribution in [0.4, 0.5) is 110 Å². The number of carbonyl (C=O) groups is 2. The Morgan fingerprint density at radius 1 is 0.480 bits per heavy atom. The van der Waals surface area contributed by atoms with Crippen molar-refractivity contribution in [3.63, 3.8) is 0 Å². The van der Waals surface area contributed by atoms with E-state index in [4.69, 9.17) is 10.8 Å². The van der Waals surface area contributed by atoms with Crippen LogP contribution >= 0.6 is 11.8 Å². The van der Waals surface area contributed by atoms with E-state index in [-0.39, 0.29) is 0 Å². The highest BCUT2D eigenvalue weighted by Crippen LogP contribution is 2.68. The van der Waals surface area contributed by atoms with E-state index in [2.05, 4.69) is 0 Å². The minimum Gasteiger partial charge on any atom is -0.481 e. The Labute approximate surface area is 262 Å². The van der Waals surface area contributed by atoms with Gasteiger partial charge in [-0.2, -0.15) is 110 Å². The first kappa shape index (κ1) is 47.7. The van der Waals surface area contributed by atoms with E-state index in [0.29, 0.717) is 0 Å². The highest BCUT2D eigenvalue weighted by molar-refractivity contribution is 8.00. The molecule has 0 bridgehead atoms. The van der Waals surface area contributed by atoms with Crippen molar-refractivity contribution in [2.75, 3.05) is 5.75 Å². The summed E-state index contributed by atoms with van der Waals surface area (Å²) in [6.07, 6.45) is -11.4. The van der Waals surface area contributed by atoms with E-state index in [9.17, 15) is 119 Å². The Morgan fingerprint density at radius 3 is 1.04 bits per heavy atom. The zero-order chi connectivity index (χ0) is 41.0. The predicted molar refractivity (Wildman–Crippen MR) is 112 cm³/mol. The molecule has 0 saturated heterocycles. The molecule has 0 aliphatic carbocycles. The van der Waals surface area contributed by atoms with Crippen molar-refractivity contribution in [1.82, 2.24) is 0 Å². The van der Waals surface area contributed by atoms with Crippen molar-refractivity contribution in [3.8, 4) is 0 Å². The van der Waals surface area contributed by atoms with Gasteiger partial charge in [-0.15, -0.1) is 0 Å². The first-order valence-corrected chi connectivity index (χ1v) is 12.8. The molecule has 30 heteroatoms. The van der Waals surface area contributed by atoms with Gasteiger partial charge in [0.1, 0.15) is 5.78 Å². The molecule has 0 fully saturated rings. The number of nitrogens with two attached hydrogens (primary N) is 1. The van der Waals surface area contributed by atoms with Gasteiger partial charge in [0.2, 0.25) is 0 Å². The molecule has 4 nitrogen and oxygen atoms in total. The van der Waals surface area contributed by atoms with Crippen LogP contribution in [0.1, 0.15) is 25.7 Å². The van der Waals surface area contributed by atoms with E-state index >= 15 is 0 Å². The van der Waals surface area contributed by atoms with Crippen molar-refractivity contribution < 1.29 is 124 Å². The van der Waals surface area contributed by atoms with Crippen LogP contribution in [0, 0.1) is 0 Å². The van der Waals surface area contributed by atoms with Gasteiger partial charge in [-0.05, 0) is 12.8 Å². The molecule has 0 aromatic heterocycles. The molecule has 1 unspecified atom stereocenters. The number of ketones is 1. The Bertz CT molecular complexity index is 1230. The minimum atomic E-state index is -9.66. The second-order valence-electron chi connectivity index (χ2n) is 9.72. The number of hydrogen-bond acceptors (Lipinski definition) is 4. The number of rotatable bonds is 19. The van der Waals surface area contributed by atoms with Crippen LogP contribution in [0.5, 0.6) is 0 Å². The van der Waals surface area contributed by atoms with E-state index in [1.165, 1.54) is 0 Å². The maximum atomic E-state index is 13.9. The summed E-state index contributed by atoms with van der Waals surface area (Å²) in [4.78, 5) is 22.0. The topological polar surface area (TPSA) is 80.4 Å². The second-order valence-corrected chi connectivity index (χ2v) is 10.9. The third kappa shape index (κ3) is 7.06. The number of aliphatic carboxylic acids is 1. The molecule has 50 heavy (non-hydrogen) atoms. The summed E-state index contributed by atoms with van der Waals surface area (Å²) in [5, 5.41) is 1.38. The molecule has 0 aromatic rings. The lowest BCUT2D eigenvalue weighted by Crippen LogP contribution is -2.78.